The molecule has 1 aliphatic heterocycles. The van der Waals surface area contributed by atoms with Crippen molar-refractivity contribution in [2.45, 2.75) is 65.5 Å². The van der Waals surface area contributed by atoms with E-state index < -0.39 is 0 Å². The maximum absolute atomic E-state index is 2.65. The molecule has 0 atom stereocenters. The average Bonchev–Trinajstić information content (AvgIpc) is 2.26. The molecule has 0 N–H and O–H groups in total. The highest BCUT2D eigenvalue weighted by Gasteiger charge is 2.22. The molecule has 0 aliphatic carbocycles. The number of rotatable bonds is 1. The average molecular weight is 226 g/mol. The van der Waals surface area contributed by atoms with Gasteiger partial charge in [0.1, 0.15) is 0 Å². The van der Waals surface area contributed by atoms with E-state index >= 15 is 0 Å². The molecule has 1 fully saturated rings. The summed E-state index contributed by atoms with van der Waals surface area (Å²) in [5.74, 6) is 0. The molecule has 96 valence electrons. The summed E-state index contributed by atoms with van der Waals surface area (Å²) >= 11 is 0. The second-order valence-electron chi connectivity index (χ2n) is 6.35. The molecule has 1 saturated heterocycles. The van der Waals surface area contributed by atoms with Crippen LogP contribution >= 0.6 is 0 Å². The second kappa shape index (κ2) is 6.02. The molecule has 1 rings (SSSR count). The van der Waals surface area contributed by atoms with E-state index in [4.69, 9.17) is 0 Å². The Bertz CT molecular complexity index is 193. The Balaban J connectivity index is 2.49. The lowest BCUT2D eigenvalue weighted by Crippen LogP contribution is -2.42. The minimum atomic E-state index is 0.340. The molecule has 16 heavy (non-hydrogen) atoms. The highest BCUT2D eigenvalue weighted by Crippen LogP contribution is 2.17. The molecular formula is C14H30N2. The van der Waals surface area contributed by atoms with Crippen molar-refractivity contribution in [3.63, 3.8) is 0 Å². The summed E-state index contributed by atoms with van der Waals surface area (Å²) < 4.78 is 0. The lowest BCUT2D eigenvalue weighted by atomic mass is 10.1. The smallest absolute Gasteiger partial charge is 0.0125 e. The van der Waals surface area contributed by atoms with Crippen molar-refractivity contribution in [2.75, 3.05) is 26.2 Å². The van der Waals surface area contributed by atoms with Crippen molar-refractivity contribution in [1.29, 1.82) is 0 Å². The molecule has 2 heteroatoms. The van der Waals surface area contributed by atoms with Gasteiger partial charge in [0, 0.05) is 11.6 Å². The quantitative estimate of drug-likeness (QED) is 0.678. The Morgan fingerprint density at radius 2 is 1.31 bits per heavy atom. The van der Waals surface area contributed by atoms with Gasteiger partial charge in [-0.25, -0.2) is 0 Å². The maximum atomic E-state index is 2.65. The van der Waals surface area contributed by atoms with E-state index in [0.29, 0.717) is 11.6 Å². The minimum Gasteiger partial charge on any atom is -0.301 e. The van der Waals surface area contributed by atoms with Crippen LogP contribution < -0.4 is 0 Å². The largest absolute Gasteiger partial charge is 0.301 e. The van der Waals surface area contributed by atoms with Crippen LogP contribution in [0.1, 0.15) is 53.9 Å². The van der Waals surface area contributed by atoms with Gasteiger partial charge in [0.15, 0.2) is 0 Å². The number of hydrogen-bond donors (Lipinski definition) is 0. The van der Waals surface area contributed by atoms with Gasteiger partial charge >= 0.3 is 0 Å². The predicted molar refractivity (Wildman–Crippen MR) is 71.9 cm³/mol. The summed E-state index contributed by atoms with van der Waals surface area (Å²) in [6, 6.07) is 0.709. The normalized spacial score (nSPS) is 22.9. The fraction of sp³-hybridized carbons (Fsp3) is 1.00. The van der Waals surface area contributed by atoms with E-state index in [1.165, 1.54) is 45.4 Å². The lowest BCUT2D eigenvalue weighted by Gasteiger charge is -2.35. The van der Waals surface area contributed by atoms with Crippen LogP contribution in [0, 0.1) is 0 Å². The molecule has 1 heterocycles. The van der Waals surface area contributed by atoms with Crippen molar-refractivity contribution in [3.8, 4) is 0 Å². The topological polar surface area (TPSA) is 6.48 Å². The zero-order valence-corrected chi connectivity index (χ0v) is 11.9. The van der Waals surface area contributed by atoms with E-state index in [-0.39, 0.29) is 0 Å². The van der Waals surface area contributed by atoms with Crippen LogP contribution in [0.4, 0.5) is 0 Å². The standard InChI is InChI=1S/C14H30N2/c1-13(2)15-9-6-7-11-16(12-8-10-15)14(3,4)5/h13H,6-12H2,1-5H3. The van der Waals surface area contributed by atoms with Crippen LogP contribution in [0.25, 0.3) is 0 Å². The Labute approximate surface area is 102 Å². The predicted octanol–water partition coefficient (Wildman–Crippen LogP) is 2.98. The van der Waals surface area contributed by atoms with Crippen LogP contribution in [-0.2, 0) is 0 Å². The monoisotopic (exact) mass is 226 g/mol. The first kappa shape index (κ1) is 14.0. The first-order valence-electron chi connectivity index (χ1n) is 6.90. The summed E-state index contributed by atoms with van der Waals surface area (Å²) in [4.78, 5) is 5.28. The summed E-state index contributed by atoms with van der Waals surface area (Å²) in [5, 5.41) is 0. The molecule has 1 aliphatic rings. The Morgan fingerprint density at radius 1 is 0.812 bits per heavy atom. The summed E-state index contributed by atoms with van der Waals surface area (Å²) in [6.07, 6.45) is 4.01. The maximum Gasteiger partial charge on any atom is 0.0125 e. The third-order valence-electron chi connectivity index (χ3n) is 3.68. The number of hydrogen-bond acceptors (Lipinski definition) is 2. The van der Waals surface area contributed by atoms with Crippen molar-refractivity contribution >= 4 is 0 Å². The minimum absolute atomic E-state index is 0.340. The van der Waals surface area contributed by atoms with Gasteiger partial charge in [-0.2, -0.15) is 0 Å². The summed E-state index contributed by atoms with van der Waals surface area (Å²) in [5.41, 5.74) is 0.340. The molecule has 0 aromatic rings. The van der Waals surface area contributed by atoms with Gasteiger partial charge in [0.25, 0.3) is 0 Å². The van der Waals surface area contributed by atoms with E-state index in [0.717, 1.165) is 0 Å². The third kappa shape index (κ3) is 4.42. The van der Waals surface area contributed by atoms with E-state index in [2.05, 4.69) is 44.4 Å². The van der Waals surface area contributed by atoms with Crippen molar-refractivity contribution in [1.82, 2.24) is 9.80 Å². The van der Waals surface area contributed by atoms with Crippen LogP contribution in [0.3, 0.4) is 0 Å². The van der Waals surface area contributed by atoms with Gasteiger partial charge in [-0.1, -0.05) is 0 Å². The molecule has 0 bridgehead atoms. The van der Waals surface area contributed by atoms with Gasteiger partial charge in [-0.3, -0.25) is 4.90 Å². The van der Waals surface area contributed by atoms with Crippen LogP contribution in [0.2, 0.25) is 0 Å². The molecule has 0 radical (unpaired) electrons. The van der Waals surface area contributed by atoms with E-state index in [1.54, 1.807) is 0 Å². The van der Waals surface area contributed by atoms with Crippen molar-refractivity contribution in [2.24, 2.45) is 0 Å². The van der Waals surface area contributed by atoms with Crippen LogP contribution in [0.5, 0.6) is 0 Å². The Hall–Kier alpha value is -0.0800. The highest BCUT2D eigenvalue weighted by atomic mass is 15.2. The van der Waals surface area contributed by atoms with Gasteiger partial charge in [-0.05, 0) is 80.1 Å². The van der Waals surface area contributed by atoms with Gasteiger partial charge < -0.3 is 4.90 Å². The van der Waals surface area contributed by atoms with E-state index in [9.17, 15) is 0 Å². The summed E-state index contributed by atoms with van der Waals surface area (Å²) in [7, 11) is 0. The molecule has 0 aromatic carbocycles. The molecule has 2 nitrogen and oxygen atoms in total. The van der Waals surface area contributed by atoms with Gasteiger partial charge in [0.05, 0.1) is 0 Å². The van der Waals surface area contributed by atoms with Crippen LogP contribution in [0.15, 0.2) is 0 Å². The van der Waals surface area contributed by atoms with Gasteiger partial charge in [-0.15, -0.1) is 0 Å². The van der Waals surface area contributed by atoms with E-state index in [1.807, 2.05) is 0 Å². The molecular weight excluding hydrogens is 196 g/mol. The SMILES string of the molecule is CC(C)N1CCCCN(C(C)(C)C)CCC1. The second-order valence-corrected chi connectivity index (χ2v) is 6.35. The van der Waals surface area contributed by atoms with Crippen molar-refractivity contribution in [3.05, 3.63) is 0 Å². The molecule has 0 spiro atoms. The van der Waals surface area contributed by atoms with Gasteiger partial charge in [0.2, 0.25) is 0 Å². The molecule has 0 unspecified atom stereocenters. The third-order valence-corrected chi connectivity index (χ3v) is 3.68. The fourth-order valence-corrected chi connectivity index (χ4v) is 2.49. The fourth-order valence-electron chi connectivity index (χ4n) is 2.49. The van der Waals surface area contributed by atoms with Crippen molar-refractivity contribution < 1.29 is 0 Å². The highest BCUT2D eigenvalue weighted by molar-refractivity contribution is 4.78. The first-order chi connectivity index (χ1) is 7.41. The summed E-state index contributed by atoms with van der Waals surface area (Å²) in [6.45, 7) is 16.7. The molecule has 0 aromatic heterocycles. The number of nitrogens with zero attached hydrogens (tertiary/aromatic N) is 2. The van der Waals surface area contributed by atoms with Crippen LogP contribution in [-0.4, -0.2) is 47.6 Å². The Morgan fingerprint density at radius 3 is 1.88 bits per heavy atom. The first-order valence-corrected chi connectivity index (χ1v) is 6.90. The Kier molecular flexibility index (Phi) is 5.26. The molecule has 0 saturated carbocycles. The zero-order chi connectivity index (χ0) is 12.2. The lowest BCUT2D eigenvalue weighted by molar-refractivity contribution is 0.132. The molecule has 0 amide bonds. The zero-order valence-electron chi connectivity index (χ0n) is 11.9.